The number of rotatable bonds is 1. The summed E-state index contributed by atoms with van der Waals surface area (Å²) in [4.78, 5) is 0. The molecule has 0 bridgehead atoms. The zero-order valence-electron chi connectivity index (χ0n) is 18.2. The van der Waals surface area contributed by atoms with Crippen molar-refractivity contribution >= 4 is 84.6 Å². The van der Waals surface area contributed by atoms with Gasteiger partial charge >= 0.3 is 0 Å². The van der Waals surface area contributed by atoms with Crippen LogP contribution in [-0.2, 0) is 0 Å². The van der Waals surface area contributed by atoms with Crippen molar-refractivity contribution in [3.63, 3.8) is 0 Å². The van der Waals surface area contributed by atoms with E-state index in [0.29, 0.717) is 0 Å². The molecule has 0 aliphatic carbocycles. The second-order valence-corrected chi connectivity index (χ2v) is 11.2. The van der Waals surface area contributed by atoms with Gasteiger partial charge in [0.05, 0.1) is 0 Å². The minimum Gasteiger partial charge on any atom is -0.135 e. The molecule has 2 aromatic heterocycles. The van der Waals surface area contributed by atoms with Crippen LogP contribution in [0, 0.1) is 0 Å². The molecule has 158 valence electrons. The Bertz CT molecular complexity index is 1920. The predicted octanol–water partition coefficient (Wildman–Crippen LogP) is 10.4. The summed E-state index contributed by atoms with van der Waals surface area (Å²) >= 11 is 3.77. The van der Waals surface area contributed by atoms with Crippen molar-refractivity contribution in [3.05, 3.63) is 109 Å². The first-order chi connectivity index (χ1) is 16.8. The Hall–Kier alpha value is -3.72. The molecule has 0 amide bonds. The van der Waals surface area contributed by atoms with Gasteiger partial charge < -0.3 is 0 Å². The maximum atomic E-state index is 2.36. The number of fused-ring (bicyclic) bond motifs is 8. The third kappa shape index (κ3) is 2.70. The van der Waals surface area contributed by atoms with Gasteiger partial charge in [0.15, 0.2) is 0 Å². The fourth-order valence-electron chi connectivity index (χ4n) is 5.30. The van der Waals surface area contributed by atoms with E-state index in [1.54, 1.807) is 0 Å². The maximum Gasteiger partial charge on any atom is 0.0361 e. The van der Waals surface area contributed by atoms with Gasteiger partial charge in [-0.05, 0) is 81.2 Å². The quantitative estimate of drug-likeness (QED) is 0.226. The molecule has 0 spiro atoms. The summed E-state index contributed by atoms with van der Waals surface area (Å²) in [5, 5.41) is 10.6. The van der Waals surface area contributed by atoms with Crippen molar-refractivity contribution in [1.29, 1.82) is 0 Å². The van der Waals surface area contributed by atoms with Crippen molar-refractivity contribution in [3.8, 4) is 11.1 Å². The average Bonchev–Trinajstić information content (AvgIpc) is 3.42. The Morgan fingerprint density at radius 1 is 0.324 bits per heavy atom. The molecule has 34 heavy (non-hydrogen) atoms. The number of hydrogen-bond acceptors (Lipinski definition) is 2. The lowest BCUT2D eigenvalue weighted by Gasteiger charge is -2.07. The van der Waals surface area contributed by atoms with Crippen LogP contribution in [0.3, 0.4) is 0 Å². The highest BCUT2D eigenvalue weighted by molar-refractivity contribution is 7.26. The van der Waals surface area contributed by atoms with Crippen molar-refractivity contribution in [2.24, 2.45) is 0 Å². The van der Waals surface area contributed by atoms with E-state index in [1.807, 2.05) is 22.7 Å². The second-order valence-electron chi connectivity index (χ2n) is 9.02. The fraction of sp³-hybridized carbons (Fsp3) is 0. The lowest BCUT2D eigenvalue weighted by molar-refractivity contribution is 1.70. The molecular weight excluding hydrogens is 448 g/mol. The summed E-state index contributed by atoms with van der Waals surface area (Å²) < 4.78 is 5.43. The Morgan fingerprint density at radius 3 is 1.29 bits per heavy atom. The second kappa shape index (κ2) is 6.89. The summed E-state index contributed by atoms with van der Waals surface area (Å²) in [6, 6.07) is 40.6. The highest BCUT2D eigenvalue weighted by Gasteiger charge is 2.09. The molecule has 0 aliphatic rings. The van der Waals surface area contributed by atoms with E-state index < -0.39 is 0 Å². The van der Waals surface area contributed by atoms with Crippen LogP contribution in [-0.4, -0.2) is 0 Å². The Balaban J connectivity index is 1.30. The molecule has 2 heteroatoms. The predicted molar refractivity (Wildman–Crippen MR) is 153 cm³/mol. The number of hydrogen-bond donors (Lipinski definition) is 0. The standard InChI is InChI=1S/C32H18S2/c1-3-7-29-25(5-1)27-15-21-11-9-19(13-23(21)17-31(27)33-29)20-10-12-22-16-28-26-6-2-4-8-30(26)34-32(28)18-24(22)14-20/h1-18H. The van der Waals surface area contributed by atoms with Crippen molar-refractivity contribution in [2.75, 3.05) is 0 Å². The van der Waals surface area contributed by atoms with Gasteiger partial charge in [0, 0.05) is 40.3 Å². The summed E-state index contributed by atoms with van der Waals surface area (Å²) in [6.07, 6.45) is 0. The number of thiophene rings is 2. The molecular formula is C32H18S2. The van der Waals surface area contributed by atoms with E-state index in [2.05, 4.69) is 109 Å². The lowest BCUT2D eigenvalue weighted by Crippen LogP contribution is -1.81. The van der Waals surface area contributed by atoms with Crippen LogP contribution in [0.5, 0.6) is 0 Å². The minimum atomic E-state index is 1.27. The molecule has 0 nitrogen and oxygen atoms in total. The van der Waals surface area contributed by atoms with Gasteiger partial charge in [0.25, 0.3) is 0 Å². The Morgan fingerprint density at radius 2 is 0.794 bits per heavy atom. The van der Waals surface area contributed by atoms with E-state index in [1.165, 1.54) is 73.0 Å². The molecule has 2 heterocycles. The number of benzene rings is 6. The minimum absolute atomic E-state index is 1.27. The van der Waals surface area contributed by atoms with Gasteiger partial charge in [-0.15, -0.1) is 22.7 Å². The summed E-state index contributed by atoms with van der Waals surface area (Å²) in [5.41, 5.74) is 2.54. The van der Waals surface area contributed by atoms with Crippen LogP contribution >= 0.6 is 22.7 Å². The summed E-state index contributed by atoms with van der Waals surface area (Å²) in [5.74, 6) is 0. The topological polar surface area (TPSA) is 0 Å². The van der Waals surface area contributed by atoms with Crippen LogP contribution in [0.4, 0.5) is 0 Å². The first kappa shape index (κ1) is 18.7. The fourth-order valence-corrected chi connectivity index (χ4v) is 7.57. The SMILES string of the molecule is c1ccc2c(c1)sc1cc3cc(-c4ccc5cc6c(cc5c4)sc4ccccc46)ccc3cc12. The van der Waals surface area contributed by atoms with Crippen molar-refractivity contribution in [2.45, 2.75) is 0 Å². The zero-order chi connectivity index (χ0) is 22.2. The summed E-state index contributed by atoms with van der Waals surface area (Å²) in [6.45, 7) is 0. The molecule has 0 aliphatic heterocycles. The molecule has 8 rings (SSSR count). The van der Waals surface area contributed by atoms with E-state index in [9.17, 15) is 0 Å². The van der Waals surface area contributed by atoms with Gasteiger partial charge in [0.1, 0.15) is 0 Å². The monoisotopic (exact) mass is 466 g/mol. The molecule has 0 unspecified atom stereocenters. The highest BCUT2D eigenvalue weighted by Crippen LogP contribution is 2.39. The zero-order valence-corrected chi connectivity index (χ0v) is 19.8. The van der Waals surface area contributed by atoms with E-state index in [-0.39, 0.29) is 0 Å². The maximum absolute atomic E-state index is 2.36. The molecule has 0 atom stereocenters. The van der Waals surface area contributed by atoms with Gasteiger partial charge in [0.2, 0.25) is 0 Å². The Kier molecular flexibility index (Phi) is 3.79. The first-order valence-corrected chi connectivity index (χ1v) is 13.1. The van der Waals surface area contributed by atoms with E-state index >= 15 is 0 Å². The molecule has 0 saturated carbocycles. The van der Waals surface area contributed by atoms with Crippen LogP contribution in [0.15, 0.2) is 109 Å². The highest BCUT2D eigenvalue weighted by atomic mass is 32.1. The molecule has 8 aromatic rings. The van der Waals surface area contributed by atoms with Crippen molar-refractivity contribution < 1.29 is 0 Å². The largest absolute Gasteiger partial charge is 0.135 e. The van der Waals surface area contributed by atoms with Gasteiger partial charge in [-0.25, -0.2) is 0 Å². The van der Waals surface area contributed by atoms with Crippen LogP contribution in [0.25, 0.3) is 73.0 Å². The molecule has 0 fully saturated rings. The van der Waals surface area contributed by atoms with Gasteiger partial charge in [-0.2, -0.15) is 0 Å². The third-order valence-electron chi connectivity index (χ3n) is 7.00. The van der Waals surface area contributed by atoms with E-state index in [4.69, 9.17) is 0 Å². The first-order valence-electron chi connectivity index (χ1n) is 11.5. The molecule has 0 saturated heterocycles. The molecule has 0 N–H and O–H groups in total. The normalized spacial score (nSPS) is 12.1. The van der Waals surface area contributed by atoms with Gasteiger partial charge in [-0.1, -0.05) is 60.7 Å². The Labute approximate surface area is 204 Å². The molecule has 6 aromatic carbocycles. The smallest absolute Gasteiger partial charge is 0.0361 e. The van der Waals surface area contributed by atoms with Gasteiger partial charge in [-0.3, -0.25) is 0 Å². The van der Waals surface area contributed by atoms with Crippen LogP contribution in [0.1, 0.15) is 0 Å². The third-order valence-corrected chi connectivity index (χ3v) is 9.27. The lowest BCUT2D eigenvalue weighted by atomic mass is 9.97. The van der Waals surface area contributed by atoms with Crippen LogP contribution < -0.4 is 0 Å². The molecule has 0 radical (unpaired) electrons. The van der Waals surface area contributed by atoms with E-state index in [0.717, 1.165) is 0 Å². The van der Waals surface area contributed by atoms with Crippen molar-refractivity contribution in [1.82, 2.24) is 0 Å². The average molecular weight is 467 g/mol. The van der Waals surface area contributed by atoms with Crippen LogP contribution in [0.2, 0.25) is 0 Å². The summed E-state index contributed by atoms with van der Waals surface area (Å²) in [7, 11) is 0.